The Hall–Kier alpha value is -3.88. The predicted octanol–water partition coefficient (Wildman–Crippen LogP) is 2.83. The number of nitrogens with one attached hydrogen (secondary N) is 1. The Kier molecular flexibility index (Phi) is 6.86. The van der Waals surface area contributed by atoms with Crippen molar-refractivity contribution in [1.29, 1.82) is 0 Å². The number of imidazole rings is 1. The molecule has 0 atom stereocenters. The molecule has 0 fully saturated rings. The first-order valence-electron chi connectivity index (χ1n) is 9.79. The average molecular weight is 423 g/mol. The smallest absolute Gasteiger partial charge is 0.312 e. The Morgan fingerprint density at radius 2 is 1.90 bits per heavy atom. The number of methoxy groups -OCH3 is 1. The van der Waals surface area contributed by atoms with Crippen LogP contribution in [0.25, 0.3) is 17.1 Å². The third-order valence-corrected chi connectivity index (χ3v) is 4.47. The van der Waals surface area contributed by atoms with Crippen LogP contribution in [0.4, 0.5) is 4.79 Å². The maximum Gasteiger partial charge on any atom is 0.312 e. The molecule has 0 spiro atoms. The highest BCUT2D eigenvalue weighted by Crippen LogP contribution is 2.26. The number of amides is 2. The topological polar surface area (TPSA) is 121 Å². The van der Waals surface area contributed by atoms with E-state index in [-0.39, 0.29) is 11.7 Å². The molecule has 3 N–H and O–H groups in total. The molecule has 31 heavy (non-hydrogen) atoms. The molecule has 2 aromatic heterocycles. The quantitative estimate of drug-likeness (QED) is 0.403. The lowest BCUT2D eigenvalue weighted by Gasteiger charge is -2.10. The maximum absolute atomic E-state index is 12.6. The molecule has 0 aliphatic carbocycles. The third-order valence-electron chi connectivity index (χ3n) is 4.47. The number of carbonyl (C=O) groups excluding carboxylic acids is 2. The molecule has 0 aliphatic heterocycles. The fourth-order valence-corrected chi connectivity index (χ4v) is 2.87. The van der Waals surface area contributed by atoms with Crippen molar-refractivity contribution in [2.75, 3.05) is 20.3 Å². The molecule has 9 heteroatoms. The molecule has 0 saturated carbocycles. The molecule has 0 unspecified atom stereocenters. The van der Waals surface area contributed by atoms with Crippen LogP contribution in [0, 0.1) is 5.92 Å². The lowest BCUT2D eigenvalue weighted by atomic mass is 10.1. The summed E-state index contributed by atoms with van der Waals surface area (Å²) in [7, 11) is 1.55. The summed E-state index contributed by atoms with van der Waals surface area (Å²) in [4.78, 5) is 32.1. The molecule has 1 aromatic carbocycles. The largest absolute Gasteiger partial charge is 0.492 e. The van der Waals surface area contributed by atoms with Crippen molar-refractivity contribution >= 4 is 11.8 Å². The van der Waals surface area contributed by atoms with Gasteiger partial charge in [0.1, 0.15) is 23.9 Å². The van der Waals surface area contributed by atoms with Gasteiger partial charge in [0.25, 0.3) is 0 Å². The zero-order valence-electron chi connectivity index (χ0n) is 17.7. The van der Waals surface area contributed by atoms with Gasteiger partial charge in [0.05, 0.1) is 13.7 Å². The molecule has 3 aromatic rings. The number of rotatable bonds is 9. The van der Waals surface area contributed by atoms with Crippen LogP contribution in [-0.2, 0) is 0 Å². The van der Waals surface area contributed by atoms with Gasteiger partial charge in [0.2, 0.25) is 5.88 Å². The van der Waals surface area contributed by atoms with Gasteiger partial charge >= 0.3 is 6.03 Å². The monoisotopic (exact) mass is 423 g/mol. The molecule has 0 saturated heterocycles. The Balaban J connectivity index is 1.89. The van der Waals surface area contributed by atoms with Gasteiger partial charge < -0.3 is 20.5 Å². The van der Waals surface area contributed by atoms with Gasteiger partial charge in [-0.2, -0.15) is 0 Å². The second kappa shape index (κ2) is 9.75. The number of ether oxygens (including phenoxy) is 2. The highest BCUT2D eigenvalue weighted by molar-refractivity contribution is 5.96. The molecular formula is C22H25N5O4. The van der Waals surface area contributed by atoms with Crippen LogP contribution in [0.5, 0.6) is 11.6 Å². The van der Waals surface area contributed by atoms with Crippen LogP contribution in [-0.4, -0.2) is 46.6 Å². The zero-order chi connectivity index (χ0) is 22.4. The number of urea groups is 1. The van der Waals surface area contributed by atoms with Gasteiger partial charge in [-0.05, 0) is 30.3 Å². The van der Waals surface area contributed by atoms with E-state index in [1.54, 1.807) is 37.7 Å². The van der Waals surface area contributed by atoms with Crippen LogP contribution in [0.2, 0.25) is 0 Å². The summed E-state index contributed by atoms with van der Waals surface area (Å²) in [6.45, 7) is 4.29. The summed E-state index contributed by atoms with van der Waals surface area (Å²) in [6.07, 6.45) is 3.39. The van der Waals surface area contributed by atoms with E-state index in [2.05, 4.69) is 15.3 Å². The fourth-order valence-electron chi connectivity index (χ4n) is 2.87. The number of nitrogens with zero attached hydrogens (tertiary/aromatic N) is 3. The minimum atomic E-state index is -0.591. The van der Waals surface area contributed by atoms with E-state index in [1.165, 1.54) is 0 Å². The van der Waals surface area contributed by atoms with Crippen molar-refractivity contribution < 1.29 is 19.1 Å². The van der Waals surface area contributed by atoms with Crippen LogP contribution >= 0.6 is 0 Å². The first-order valence-corrected chi connectivity index (χ1v) is 9.79. The number of hydrogen-bond acceptors (Lipinski definition) is 6. The number of primary amides is 1. The second-order valence-corrected chi connectivity index (χ2v) is 7.06. The fraction of sp³-hybridized carbons (Fsp3) is 0.273. The lowest BCUT2D eigenvalue weighted by Crippen LogP contribution is -2.32. The van der Waals surface area contributed by atoms with Crippen LogP contribution in [0.15, 0.2) is 48.8 Å². The molecule has 3 rings (SSSR count). The Morgan fingerprint density at radius 1 is 1.16 bits per heavy atom. The molecule has 9 nitrogen and oxygen atoms in total. The zero-order valence-corrected chi connectivity index (χ0v) is 17.7. The van der Waals surface area contributed by atoms with E-state index in [0.717, 1.165) is 11.3 Å². The molecular weight excluding hydrogens is 398 g/mol. The molecule has 2 heterocycles. The molecule has 0 aliphatic rings. The molecule has 2 amide bonds. The van der Waals surface area contributed by atoms with E-state index in [4.69, 9.17) is 15.2 Å². The first-order chi connectivity index (χ1) is 14.9. The summed E-state index contributed by atoms with van der Waals surface area (Å²) in [6, 6.07) is 10.3. The Morgan fingerprint density at radius 3 is 2.48 bits per heavy atom. The SMILES string of the molecule is COc1ccc(-c2nc(C(=O)C(C)C)cn2-c2ccc(OCCNC(N)=O)cc2)cn1. The number of nitrogens with two attached hydrogens (primary N) is 1. The van der Waals surface area contributed by atoms with Gasteiger partial charge in [-0.25, -0.2) is 14.8 Å². The molecule has 0 bridgehead atoms. The van der Waals surface area contributed by atoms with E-state index in [9.17, 15) is 9.59 Å². The standard InChI is InChI=1S/C22H25N5O4/c1-14(2)20(28)18-13-27(21(26-18)15-4-9-19(30-3)25-12-15)16-5-7-17(8-6-16)31-11-10-24-22(23)29/h4-9,12-14H,10-11H2,1-3H3,(H3,23,24,29). The second-order valence-electron chi connectivity index (χ2n) is 7.06. The summed E-state index contributed by atoms with van der Waals surface area (Å²) in [5.74, 6) is 1.52. The van der Waals surface area contributed by atoms with Gasteiger partial charge in [-0.3, -0.25) is 9.36 Å². The van der Waals surface area contributed by atoms with Crippen molar-refractivity contribution in [2.45, 2.75) is 13.8 Å². The van der Waals surface area contributed by atoms with Gasteiger partial charge in [-0.1, -0.05) is 13.8 Å². The van der Waals surface area contributed by atoms with Crippen LogP contribution in [0.1, 0.15) is 24.3 Å². The van der Waals surface area contributed by atoms with Gasteiger partial charge in [0.15, 0.2) is 5.78 Å². The third kappa shape index (κ3) is 5.39. The van der Waals surface area contributed by atoms with Crippen LogP contribution < -0.4 is 20.5 Å². The predicted molar refractivity (Wildman–Crippen MR) is 116 cm³/mol. The normalized spacial score (nSPS) is 10.7. The molecule has 0 radical (unpaired) electrons. The van der Waals surface area contributed by atoms with Crippen molar-refractivity contribution in [3.05, 3.63) is 54.5 Å². The number of carbonyl (C=O) groups is 2. The Bertz CT molecular complexity index is 1040. The number of benzene rings is 1. The van der Waals surface area contributed by atoms with Crippen molar-refractivity contribution in [1.82, 2.24) is 19.9 Å². The van der Waals surface area contributed by atoms with Crippen molar-refractivity contribution in [3.8, 4) is 28.7 Å². The average Bonchev–Trinajstić information content (AvgIpc) is 3.21. The number of pyridine rings is 1. The minimum Gasteiger partial charge on any atom is -0.492 e. The highest BCUT2D eigenvalue weighted by atomic mass is 16.5. The minimum absolute atomic E-state index is 0.0385. The van der Waals surface area contributed by atoms with Gasteiger partial charge in [0, 0.05) is 35.6 Å². The number of aromatic nitrogens is 3. The summed E-state index contributed by atoms with van der Waals surface area (Å²) < 4.78 is 12.6. The molecule has 162 valence electrons. The number of ketones is 1. The summed E-state index contributed by atoms with van der Waals surface area (Å²) in [5.41, 5.74) is 6.97. The van der Waals surface area contributed by atoms with E-state index < -0.39 is 6.03 Å². The first kappa shape index (κ1) is 21.8. The van der Waals surface area contributed by atoms with Gasteiger partial charge in [-0.15, -0.1) is 0 Å². The van der Waals surface area contributed by atoms with Crippen LogP contribution in [0.3, 0.4) is 0 Å². The van der Waals surface area contributed by atoms with E-state index in [0.29, 0.717) is 36.3 Å². The maximum atomic E-state index is 12.6. The number of hydrogen-bond donors (Lipinski definition) is 2. The number of Topliss-reactive ketones (excluding diaryl/α,β-unsaturated/α-hetero) is 1. The summed E-state index contributed by atoms with van der Waals surface area (Å²) >= 11 is 0. The lowest BCUT2D eigenvalue weighted by molar-refractivity contribution is 0.0935. The summed E-state index contributed by atoms with van der Waals surface area (Å²) in [5, 5.41) is 2.46. The van der Waals surface area contributed by atoms with E-state index in [1.807, 2.05) is 36.6 Å². The van der Waals surface area contributed by atoms with Crippen molar-refractivity contribution in [2.24, 2.45) is 11.7 Å². The van der Waals surface area contributed by atoms with E-state index >= 15 is 0 Å². The van der Waals surface area contributed by atoms with Crippen molar-refractivity contribution in [3.63, 3.8) is 0 Å². The Labute approximate surface area is 180 Å². The highest BCUT2D eigenvalue weighted by Gasteiger charge is 2.19.